The number of aromatic nitrogens is 2. The van der Waals surface area contributed by atoms with E-state index in [9.17, 15) is 35.5 Å². The number of ether oxygens (including phenoxy) is 1. The number of nitrogens with one attached hydrogen (secondary N) is 1. The molecule has 32 heavy (non-hydrogen) atoms. The number of anilines is 1. The predicted octanol–water partition coefficient (Wildman–Crippen LogP) is 4.09. The van der Waals surface area contributed by atoms with Gasteiger partial charge in [-0.15, -0.1) is 13.2 Å². The summed E-state index contributed by atoms with van der Waals surface area (Å²) in [7, 11) is 2.78. The van der Waals surface area contributed by atoms with Gasteiger partial charge in [0.05, 0.1) is 16.6 Å². The highest BCUT2D eigenvalue weighted by Crippen LogP contribution is 2.39. The number of hydrogen-bond donors (Lipinski definition) is 1. The van der Waals surface area contributed by atoms with Crippen molar-refractivity contribution in [1.82, 2.24) is 14.7 Å². The number of amides is 1. The lowest BCUT2D eigenvalue weighted by Crippen LogP contribution is -2.32. The molecular weight excluding hydrogens is 469 g/mol. The number of carbonyl (C=O) groups excluding carboxylic acids is 1. The summed E-state index contributed by atoms with van der Waals surface area (Å²) in [6.45, 7) is 0.0583. The second kappa shape index (κ2) is 8.22. The number of alkyl halides is 6. The SMILES string of the molecule is CN1C[C@H](c2cc(C(F)(F)F)nn2C)[C@@H](C(=O)Nc2cccc(F)c2OC(F)(F)F)C1=S. The van der Waals surface area contributed by atoms with Gasteiger partial charge in [-0.2, -0.15) is 18.3 Å². The van der Waals surface area contributed by atoms with Crippen LogP contribution in [0.15, 0.2) is 24.3 Å². The van der Waals surface area contributed by atoms with Crippen LogP contribution in [-0.4, -0.2) is 45.5 Å². The number of carbonyl (C=O) groups is 1. The molecule has 0 bridgehead atoms. The highest BCUT2D eigenvalue weighted by atomic mass is 32.1. The lowest BCUT2D eigenvalue weighted by atomic mass is 9.91. The summed E-state index contributed by atoms with van der Waals surface area (Å²) < 4.78 is 95.7. The maximum Gasteiger partial charge on any atom is 0.573 e. The Morgan fingerprint density at radius 2 is 1.88 bits per heavy atom. The fourth-order valence-electron chi connectivity index (χ4n) is 3.46. The highest BCUT2D eigenvalue weighted by Gasteiger charge is 2.45. The van der Waals surface area contributed by atoms with Gasteiger partial charge < -0.3 is 15.0 Å². The molecule has 0 saturated carbocycles. The summed E-state index contributed by atoms with van der Waals surface area (Å²) in [6.07, 6.45) is -9.94. The molecule has 0 spiro atoms. The third-order valence-corrected chi connectivity index (χ3v) is 5.39. The standard InChI is InChI=1S/C18H15F7N4O2S/c1-28-7-8(11-6-12(17(20,21)22)27-29(11)2)13(16(28)32)15(30)26-10-5-3-4-9(19)14(10)31-18(23,24)25/h3-6,8,13H,7H2,1-2H3,(H,26,30)/t8-,13+/m1/s1. The van der Waals surface area contributed by atoms with Gasteiger partial charge in [0.2, 0.25) is 5.91 Å². The van der Waals surface area contributed by atoms with Gasteiger partial charge in [-0.1, -0.05) is 18.3 Å². The van der Waals surface area contributed by atoms with E-state index in [1.54, 1.807) is 0 Å². The molecule has 1 aliphatic heterocycles. The number of aryl methyl sites for hydroxylation is 1. The van der Waals surface area contributed by atoms with Crippen LogP contribution in [0, 0.1) is 11.7 Å². The first kappa shape index (κ1) is 23.8. The molecule has 0 aliphatic carbocycles. The van der Waals surface area contributed by atoms with Crippen molar-refractivity contribution in [3.63, 3.8) is 0 Å². The van der Waals surface area contributed by atoms with E-state index >= 15 is 0 Å². The zero-order valence-corrected chi connectivity index (χ0v) is 17.2. The minimum Gasteiger partial charge on any atom is -0.400 e. The molecule has 1 aromatic heterocycles. The summed E-state index contributed by atoms with van der Waals surface area (Å²) in [4.78, 5) is 14.5. The van der Waals surface area contributed by atoms with E-state index in [1.165, 1.54) is 19.0 Å². The highest BCUT2D eigenvalue weighted by molar-refractivity contribution is 7.80. The van der Waals surface area contributed by atoms with Crippen LogP contribution in [0.4, 0.5) is 36.4 Å². The average molecular weight is 484 g/mol. The van der Waals surface area contributed by atoms with E-state index in [0.717, 1.165) is 22.9 Å². The molecule has 14 heteroatoms. The lowest BCUT2D eigenvalue weighted by Gasteiger charge is -2.20. The van der Waals surface area contributed by atoms with Crippen molar-refractivity contribution >= 4 is 28.8 Å². The average Bonchev–Trinajstić information content (AvgIpc) is 3.17. The summed E-state index contributed by atoms with van der Waals surface area (Å²) in [6, 6.07) is 3.54. The van der Waals surface area contributed by atoms with Crippen molar-refractivity contribution < 1.29 is 40.3 Å². The van der Waals surface area contributed by atoms with Crippen molar-refractivity contribution in [3.8, 4) is 5.75 Å². The van der Waals surface area contributed by atoms with Crippen LogP contribution >= 0.6 is 12.2 Å². The van der Waals surface area contributed by atoms with Crippen LogP contribution in [0.1, 0.15) is 17.3 Å². The molecule has 2 atom stereocenters. The Kier molecular flexibility index (Phi) is 6.10. The summed E-state index contributed by atoms with van der Waals surface area (Å²) in [5, 5.41) is 5.58. The molecular formula is C18H15F7N4O2S. The third-order valence-electron chi connectivity index (χ3n) is 4.83. The van der Waals surface area contributed by atoms with E-state index < -0.39 is 53.2 Å². The van der Waals surface area contributed by atoms with Crippen molar-refractivity contribution in [3.05, 3.63) is 41.5 Å². The number of hydrogen-bond acceptors (Lipinski definition) is 4. The molecule has 0 radical (unpaired) electrons. The minimum absolute atomic E-state index is 0.0511. The topological polar surface area (TPSA) is 59.4 Å². The lowest BCUT2D eigenvalue weighted by molar-refractivity contribution is -0.275. The number of nitrogens with zero attached hydrogens (tertiary/aromatic N) is 3. The number of thiocarbonyl (C=S) groups is 1. The van der Waals surface area contributed by atoms with E-state index in [4.69, 9.17) is 12.2 Å². The smallest absolute Gasteiger partial charge is 0.400 e. The summed E-state index contributed by atoms with van der Waals surface area (Å²) in [5.74, 6) is -5.67. The van der Waals surface area contributed by atoms with Crippen LogP contribution < -0.4 is 10.1 Å². The van der Waals surface area contributed by atoms with Gasteiger partial charge in [0.15, 0.2) is 17.3 Å². The molecule has 1 fully saturated rings. The number of likely N-dealkylation sites (N-methyl/N-ethyl adjacent to an activating group) is 1. The predicted molar refractivity (Wildman–Crippen MR) is 101 cm³/mol. The number of rotatable bonds is 4. The van der Waals surface area contributed by atoms with Crippen molar-refractivity contribution in [2.24, 2.45) is 13.0 Å². The molecule has 1 aliphatic rings. The van der Waals surface area contributed by atoms with Gasteiger partial charge in [0.25, 0.3) is 0 Å². The van der Waals surface area contributed by atoms with Gasteiger partial charge in [-0.3, -0.25) is 9.48 Å². The Hall–Kier alpha value is -2.90. The molecule has 2 aromatic rings. The zero-order chi connectivity index (χ0) is 24.0. The third kappa shape index (κ3) is 4.79. The molecule has 174 valence electrons. The second-order valence-corrected chi connectivity index (χ2v) is 7.45. The fourth-order valence-corrected chi connectivity index (χ4v) is 3.81. The first-order valence-electron chi connectivity index (χ1n) is 8.90. The van der Waals surface area contributed by atoms with Crippen LogP contribution in [0.5, 0.6) is 5.75 Å². The van der Waals surface area contributed by atoms with Crippen LogP contribution in [-0.2, 0) is 18.0 Å². The van der Waals surface area contributed by atoms with Gasteiger partial charge in [0.1, 0.15) is 0 Å². The Morgan fingerprint density at radius 1 is 1.22 bits per heavy atom. The minimum atomic E-state index is -5.23. The van der Waals surface area contributed by atoms with Crippen LogP contribution in [0.25, 0.3) is 0 Å². The van der Waals surface area contributed by atoms with E-state index in [-0.39, 0.29) is 17.2 Å². The van der Waals surface area contributed by atoms with Gasteiger partial charge in [0, 0.05) is 32.3 Å². The van der Waals surface area contributed by atoms with E-state index in [0.29, 0.717) is 6.07 Å². The summed E-state index contributed by atoms with van der Waals surface area (Å²) in [5.41, 5.74) is -1.72. The Balaban J connectivity index is 1.95. The number of para-hydroxylation sites is 1. The number of benzene rings is 1. The van der Waals surface area contributed by atoms with Gasteiger partial charge in [-0.05, 0) is 18.2 Å². The van der Waals surface area contributed by atoms with Crippen LogP contribution in [0.3, 0.4) is 0 Å². The monoisotopic (exact) mass is 484 g/mol. The van der Waals surface area contributed by atoms with Crippen molar-refractivity contribution in [2.75, 3.05) is 18.9 Å². The number of likely N-dealkylation sites (tertiary alicyclic amines) is 1. The molecule has 1 saturated heterocycles. The molecule has 0 unspecified atom stereocenters. The first-order valence-corrected chi connectivity index (χ1v) is 9.31. The zero-order valence-electron chi connectivity index (χ0n) is 16.4. The fraction of sp³-hybridized carbons (Fsp3) is 0.389. The number of halogens is 7. The first-order chi connectivity index (χ1) is 14.7. The maximum absolute atomic E-state index is 13.9. The quantitative estimate of drug-likeness (QED) is 0.524. The Bertz CT molecular complexity index is 1050. The summed E-state index contributed by atoms with van der Waals surface area (Å²) >= 11 is 5.23. The molecule has 2 heterocycles. The van der Waals surface area contributed by atoms with Gasteiger partial charge >= 0.3 is 12.5 Å². The Labute approximate surface area is 181 Å². The molecule has 1 amide bonds. The Morgan fingerprint density at radius 3 is 2.44 bits per heavy atom. The second-order valence-electron chi connectivity index (χ2n) is 7.03. The van der Waals surface area contributed by atoms with Crippen molar-refractivity contribution in [2.45, 2.75) is 18.5 Å². The van der Waals surface area contributed by atoms with Crippen molar-refractivity contribution in [1.29, 1.82) is 0 Å². The molecule has 1 aromatic carbocycles. The molecule has 1 N–H and O–H groups in total. The molecule has 3 rings (SSSR count). The largest absolute Gasteiger partial charge is 0.573 e. The maximum atomic E-state index is 13.9. The van der Waals surface area contributed by atoms with Crippen LogP contribution in [0.2, 0.25) is 0 Å². The van der Waals surface area contributed by atoms with E-state index in [2.05, 4.69) is 15.2 Å². The normalized spacial score (nSPS) is 19.4. The van der Waals surface area contributed by atoms with Gasteiger partial charge in [-0.25, -0.2) is 4.39 Å². The van der Waals surface area contributed by atoms with E-state index in [1.807, 2.05) is 0 Å². The molecule has 6 nitrogen and oxygen atoms in total.